The highest BCUT2D eigenvalue weighted by molar-refractivity contribution is 7.89. The largest absolute Gasteiger partial charge is 0.495 e. The van der Waals surface area contributed by atoms with Crippen molar-refractivity contribution in [2.75, 3.05) is 13.7 Å². The third kappa shape index (κ3) is 7.54. The van der Waals surface area contributed by atoms with E-state index in [0.717, 1.165) is 11.2 Å². The first-order valence-electron chi connectivity index (χ1n) is 10.9. The molecule has 0 heterocycles. The fourth-order valence-electron chi connectivity index (χ4n) is 3.02. The van der Waals surface area contributed by atoms with Gasteiger partial charge in [0.05, 0.1) is 13.2 Å². The number of hydrazone groups is 1. The third-order valence-electron chi connectivity index (χ3n) is 4.90. The molecule has 0 fully saturated rings. The number of carbonyl (C=O) groups excluding carboxylic acids is 2. The van der Waals surface area contributed by atoms with Crippen molar-refractivity contribution in [1.29, 1.82) is 0 Å². The molecule has 12 nitrogen and oxygen atoms in total. The molecular formula is C23H31FN6O6S. The highest BCUT2D eigenvalue weighted by Crippen LogP contribution is 2.29. The van der Waals surface area contributed by atoms with Crippen molar-refractivity contribution in [2.24, 2.45) is 22.4 Å². The van der Waals surface area contributed by atoms with Crippen LogP contribution in [-0.4, -0.2) is 54.9 Å². The van der Waals surface area contributed by atoms with Gasteiger partial charge in [-0.1, -0.05) is 12.1 Å². The lowest BCUT2D eigenvalue weighted by Gasteiger charge is -2.26. The highest BCUT2D eigenvalue weighted by atomic mass is 32.2. The summed E-state index contributed by atoms with van der Waals surface area (Å²) in [6.45, 7) is 5.39. The van der Waals surface area contributed by atoms with Crippen molar-refractivity contribution in [1.82, 2.24) is 9.42 Å². The second kappa shape index (κ2) is 11.4. The first-order chi connectivity index (χ1) is 17.1. The van der Waals surface area contributed by atoms with Crippen molar-refractivity contribution >= 4 is 27.9 Å². The minimum atomic E-state index is -4.64. The van der Waals surface area contributed by atoms with Gasteiger partial charge in [0.2, 0.25) is 5.91 Å². The first kappa shape index (κ1) is 29.3. The number of amidine groups is 1. The molecule has 0 radical (unpaired) electrons. The van der Waals surface area contributed by atoms with Crippen LogP contribution in [0.4, 0.5) is 9.18 Å². The molecule has 0 aliphatic heterocycles. The van der Waals surface area contributed by atoms with Gasteiger partial charge in [0.25, 0.3) is 10.0 Å². The Balaban J connectivity index is 2.42. The molecule has 37 heavy (non-hydrogen) atoms. The molecule has 1 unspecified atom stereocenters. The molecule has 2 amide bonds. The van der Waals surface area contributed by atoms with Crippen LogP contribution in [0, 0.1) is 5.82 Å². The number of amides is 2. The maximum Gasteiger partial charge on any atom is 0.424 e. The number of hydrogen-bond donors (Lipinski definition) is 3. The number of benzene rings is 2. The van der Waals surface area contributed by atoms with Crippen molar-refractivity contribution < 1.29 is 31.9 Å². The Labute approximate surface area is 214 Å². The predicted molar refractivity (Wildman–Crippen MR) is 134 cm³/mol. The van der Waals surface area contributed by atoms with Crippen molar-refractivity contribution in [3.63, 3.8) is 0 Å². The Kier molecular flexibility index (Phi) is 9.06. The zero-order valence-corrected chi connectivity index (χ0v) is 22.0. The molecule has 0 aliphatic rings. The van der Waals surface area contributed by atoms with Gasteiger partial charge < -0.3 is 20.9 Å². The minimum absolute atomic E-state index is 0.0835. The van der Waals surface area contributed by atoms with E-state index < -0.39 is 50.9 Å². The Hall–Kier alpha value is -3.91. The van der Waals surface area contributed by atoms with Gasteiger partial charge in [0, 0.05) is 5.56 Å². The molecule has 0 saturated heterocycles. The lowest BCUT2D eigenvalue weighted by molar-refractivity contribution is -0.118. The average Bonchev–Trinajstić information content (AvgIpc) is 2.80. The second-order valence-corrected chi connectivity index (χ2v) is 10.7. The van der Waals surface area contributed by atoms with Crippen LogP contribution in [0.2, 0.25) is 0 Å². The molecule has 6 N–H and O–H groups in total. The van der Waals surface area contributed by atoms with Gasteiger partial charge >= 0.3 is 6.09 Å². The van der Waals surface area contributed by atoms with E-state index in [2.05, 4.69) is 5.10 Å². The number of carbonyl (C=O) groups is 2. The Bertz CT molecular complexity index is 1280. The number of halogens is 1. The van der Waals surface area contributed by atoms with E-state index in [1.54, 1.807) is 19.1 Å². The van der Waals surface area contributed by atoms with Crippen LogP contribution in [-0.2, 0) is 19.6 Å². The topological polar surface area (TPSA) is 184 Å². The summed E-state index contributed by atoms with van der Waals surface area (Å²) in [5.41, 5.74) is 11.1. The number of hydrazine groups is 1. The third-order valence-corrected chi connectivity index (χ3v) is 6.65. The standard InChI is InChI=1S/C23H31FN6O6S/c1-14(15-6-9-17(24)10-7-15)30(27)28-21(26)16-8-11-19(18(12-16)35-5)37(33,34)29(13-20(25)31)22(32)36-23(2,3)4/h6-12,14H,13,27H2,1-5H3,(H2,25,31)(H2,26,28). The van der Waals surface area contributed by atoms with Crippen LogP contribution >= 0.6 is 0 Å². The van der Waals surface area contributed by atoms with Gasteiger partial charge in [-0.3, -0.25) is 4.79 Å². The molecule has 202 valence electrons. The van der Waals surface area contributed by atoms with E-state index in [4.69, 9.17) is 26.8 Å². The number of sulfonamides is 1. The molecule has 0 spiro atoms. The van der Waals surface area contributed by atoms with Gasteiger partial charge in [-0.15, -0.1) is 5.10 Å². The van der Waals surface area contributed by atoms with Crippen LogP contribution < -0.4 is 22.0 Å². The summed E-state index contributed by atoms with van der Waals surface area (Å²) in [6, 6.07) is 8.94. The second-order valence-electron chi connectivity index (χ2n) is 8.92. The highest BCUT2D eigenvalue weighted by Gasteiger charge is 2.36. The summed E-state index contributed by atoms with van der Waals surface area (Å²) in [4.78, 5) is 23.7. The molecule has 2 aromatic rings. The lowest BCUT2D eigenvalue weighted by atomic mass is 10.1. The van der Waals surface area contributed by atoms with E-state index in [-0.39, 0.29) is 21.5 Å². The summed E-state index contributed by atoms with van der Waals surface area (Å²) in [5, 5.41) is 5.18. The van der Waals surface area contributed by atoms with Crippen LogP contribution in [0.1, 0.15) is 44.9 Å². The summed E-state index contributed by atoms with van der Waals surface area (Å²) in [5.74, 6) is 4.27. The van der Waals surface area contributed by atoms with Gasteiger partial charge in [-0.25, -0.2) is 28.6 Å². The van der Waals surface area contributed by atoms with Crippen molar-refractivity contribution in [3.05, 3.63) is 59.4 Å². The van der Waals surface area contributed by atoms with Crippen molar-refractivity contribution in [2.45, 2.75) is 44.2 Å². The SMILES string of the molecule is COc1cc(/C(N)=N/N(N)C(C)c2ccc(F)cc2)ccc1S(=O)(=O)N(CC(N)=O)C(=O)OC(C)(C)C. The number of nitrogens with zero attached hydrogens (tertiary/aromatic N) is 3. The normalized spacial score (nSPS) is 13.0. The average molecular weight is 539 g/mol. The summed E-state index contributed by atoms with van der Waals surface area (Å²) in [7, 11) is -3.43. The number of methoxy groups -OCH3 is 1. The van der Waals surface area contributed by atoms with Crippen LogP contribution in [0.5, 0.6) is 5.75 Å². The zero-order valence-electron chi connectivity index (χ0n) is 21.1. The quantitative estimate of drug-likeness (QED) is 0.185. The predicted octanol–water partition coefficient (Wildman–Crippen LogP) is 1.80. The van der Waals surface area contributed by atoms with Gasteiger partial charge in [-0.2, -0.15) is 4.31 Å². The van der Waals surface area contributed by atoms with Crippen LogP contribution in [0.25, 0.3) is 0 Å². The zero-order chi connectivity index (χ0) is 28.1. The molecule has 14 heteroatoms. The number of nitrogens with two attached hydrogens (primary N) is 3. The number of primary amides is 1. The fourth-order valence-corrected chi connectivity index (χ4v) is 4.43. The smallest absolute Gasteiger partial charge is 0.424 e. The Morgan fingerprint density at radius 3 is 2.22 bits per heavy atom. The van der Waals surface area contributed by atoms with Gasteiger partial charge in [0.15, 0.2) is 5.84 Å². The van der Waals surface area contributed by atoms with Crippen LogP contribution in [0.15, 0.2) is 52.5 Å². The molecule has 1 atom stereocenters. The summed E-state index contributed by atoms with van der Waals surface area (Å²) in [6.07, 6.45) is -1.29. The molecule has 0 saturated carbocycles. The van der Waals surface area contributed by atoms with E-state index in [0.29, 0.717) is 5.56 Å². The maximum absolute atomic E-state index is 13.3. The van der Waals surface area contributed by atoms with Gasteiger partial charge in [-0.05, 0) is 63.6 Å². The maximum atomic E-state index is 13.3. The van der Waals surface area contributed by atoms with Gasteiger partial charge in [0.1, 0.15) is 28.6 Å². The van der Waals surface area contributed by atoms with E-state index in [9.17, 15) is 22.4 Å². The van der Waals surface area contributed by atoms with E-state index in [1.807, 2.05) is 0 Å². The number of rotatable bonds is 9. The van der Waals surface area contributed by atoms with Crippen molar-refractivity contribution in [3.8, 4) is 5.75 Å². The molecule has 2 rings (SSSR count). The first-order valence-corrected chi connectivity index (χ1v) is 12.4. The lowest BCUT2D eigenvalue weighted by Crippen LogP contribution is -2.45. The summed E-state index contributed by atoms with van der Waals surface area (Å²) < 4.78 is 50.4. The molecule has 0 bridgehead atoms. The Morgan fingerprint density at radius 1 is 1.11 bits per heavy atom. The van der Waals surface area contributed by atoms with E-state index >= 15 is 0 Å². The number of hydrogen-bond acceptors (Lipinski definition) is 9. The molecule has 0 aliphatic carbocycles. The fraction of sp³-hybridized carbons (Fsp3) is 0.348. The number of ether oxygens (including phenoxy) is 2. The van der Waals surface area contributed by atoms with Crippen LogP contribution in [0.3, 0.4) is 0 Å². The minimum Gasteiger partial charge on any atom is -0.495 e. The summed E-state index contributed by atoms with van der Waals surface area (Å²) >= 11 is 0. The molecular weight excluding hydrogens is 507 g/mol. The monoisotopic (exact) mass is 538 g/mol. The van der Waals surface area contributed by atoms with E-state index in [1.165, 1.54) is 52.1 Å². The molecule has 0 aromatic heterocycles. The molecule has 2 aromatic carbocycles. The Morgan fingerprint density at radius 2 is 1.70 bits per heavy atom.